The summed E-state index contributed by atoms with van der Waals surface area (Å²) < 4.78 is 22.4. The fraction of sp³-hybridized carbons (Fsp3) is 0.500. The second-order valence-electron chi connectivity index (χ2n) is 3.03. The molecular formula is C8H11Cl2N3O2S. The summed E-state index contributed by atoms with van der Waals surface area (Å²) in [5, 5.41) is 10.3. The molecule has 0 aliphatic carbocycles. The average molecular weight is 284 g/mol. The second kappa shape index (κ2) is 5.65. The van der Waals surface area contributed by atoms with Crippen molar-refractivity contribution in [1.29, 1.82) is 0 Å². The zero-order chi connectivity index (χ0) is 12.2. The van der Waals surface area contributed by atoms with Crippen LogP contribution in [0.2, 0.25) is 10.3 Å². The minimum Gasteiger partial charge on any atom is -0.381 e. The first-order valence-electron chi connectivity index (χ1n) is 4.57. The number of nitrogens with one attached hydrogen (secondary N) is 1. The van der Waals surface area contributed by atoms with E-state index in [-0.39, 0.29) is 28.4 Å². The summed E-state index contributed by atoms with van der Waals surface area (Å²) in [5.74, 6) is 0.164. The summed E-state index contributed by atoms with van der Waals surface area (Å²) in [4.78, 5) is 0. The molecule has 1 N–H and O–H groups in total. The van der Waals surface area contributed by atoms with E-state index >= 15 is 0 Å². The first-order valence-corrected chi connectivity index (χ1v) is 7.15. The molecule has 0 fully saturated rings. The van der Waals surface area contributed by atoms with Crippen molar-refractivity contribution in [3.63, 3.8) is 0 Å². The molecule has 0 aliphatic heterocycles. The number of anilines is 1. The molecule has 0 saturated heterocycles. The van der Waals surface area contributed by atoms with E-state index in [1.54, 1.807) is 6.92 Å². The minimum absolute atomic E-state index is 0.0414. The van der Waals surface area contributed by atoms with Crippen LogP contribution in [-0.2, 0) is 9.84 Å². The Morgan fingerprint density at radius 3 is 2.69 bits per heavy atom. The SMILES string of the molecule is CCS(=O)(=O)CCNc1cc(Cl)nnc1Cl. The highest BCUT2D eigenvalue weighted by atomic mass is 35.5. The number of halogens is 2. The van der Waals surface area contributed by atoms with Gasteiger partial charge < -0.3 is 5.32 Å². The third kappa shape index (κ3) is 4.11. The van der Waals surface area contributed by atoms with Crippen LogP contribution in [0.1, 0.15) is 6.92 Å². The van der Waals surface area contributed by atoms with Crippen LogP contribution in [0.5, 0.6) is 0 Å². The number of hydrogen-bond acceptors (Lipinski definition) is 5. The number of sulfone groups is 1. The minimum atomic E-state index is -2.99. The Morgan fingerprint density at radius 2 is 2.06 bits per heavy atom. The van der Waals surface area contributed by atoms with E-state index in [4.69, 9.17) is 23.2 Å². The maximum Gasteiger partial charge on any atom is 0.174 e. The van der Waals surface area contributed by atoms with Crippen molar-refractivity contribution in [2.75, 3.05) is 23.4 Å². The van der Waals surface area contributed by atoms with E-state index < -0.39 is 9.84 Å². The molecule has 1 aromatic rings. The van der Waals surface area contributed by atoms with Gasteiger partial charge in [0, 0.05) is 18.4 Å². The Bertz CT molecular complexity index is 464. The smallest absolute Gasteiger partial charge is 0.174 e. The molecule has 0 atom stereocenters. The van der Waals surface area contributed by atoms with Gasteiger partial charge in [-0.15, -0.1) is 10.2 Å². The van der Waals surface area contributed by atoms with Crippen LogP contribution in [-0.4, -0.2) is 36.7 Å². The molecule has 16 heavy (non-hydrogen) atoms. The van der Waals surface area contributed by atoms with Crippen molar-refractivity contribution < 1.29 is 8.42 Å². The Balaban J connectivity index is 2.59. The molecule has 0 unspecified atom stereocenters. The molecule has 0 amide bonds. The molecule has 0 saturated carbocycles. The van der Waals surface area contributed by atoms with Gasteiger partial charge in [0.2, 0.25) is 0 Å². The van der Waals surface area contributed by atoms with Crippen LogP contribution in [0.25, 0.3) is 0 Å². The summed E-state index contributed by atoms with van der Waals surface area (Å²) in [5.41, 5.74) is 0.480. The summed E-state index contributed by atoms with van der Waals surface area (Å²) in [6.45, 7) is 1.87. The van der Waals surface area contributed by atoms with Crippen LogP contribution in [0.15, 0.2) is 6.07 Å². The van der Waals surface area contributed by atoms with Gasteiger partial charge in [-0.3, -0.25) is 0 Å². The van der Waals surface area contributed by atoms with Crippen LogP contribution in [0.4, 0.5) is 5.69 Å². The Morgan fingerprint density at radius 1 is 1.38 bits per heavy atom. The first kappa shape index (κ1) is 13.5. The van der Waals surface area contributed by atoms with Gasteiger partial charge in [0.15, 0.2) is 20.1 Å². The molecule has 5 nitrogen and oxygen atoms in total. The Labute approximate surface area is 104 Å². The molecule has 0 bridgehead atoms. The van der Waals surface area contributed by atoms with E-state index in [1.165, 1.54) is 6.07 Å². The zero-order valence-electron chi connectivity index (χ0n) is 8.57. The van der Waals surface area contributed by atoms with Crippen molar-refractivity contribution >= 4 is 38.7 Å². The molecule has 90 valence electrons. The summed E-state index contributed by atoms with van der Waals surface area (Å²) in [6.07, 6.45) is 0. The molecule has 0 radical (unpaired) electrons. The van der Waals surface area contributed by atoms with E-state index in [0.717, 1.165) is 0 Å². The third-order valence-electron chi connectivity index (χ3n) is 1.89. The van der Waals surface area contributed by atoms with Crippen LogP contribution in [0, 0.1) is 0 Å². The van der Waals surface area contributed by atoms with Crippen LogP contribution < -0.4 is 5.32 Å². The van der Waals surface area contributed by atoms with Crippen molar-refractivity contribution in [2.45, 2.75) is 6.92 Å². The molecule has 8 heteroatoms. The highest BCUT2D eigenvalue weighted by Crippen LogP contribution is 2.20. The number of aromatic nitrogens is 2. The maximum atomic E-state index is 11.2. The number of nitrogens with zero attached hydrogens (tertiary/aromatic N) is 2. The largest absolute Gasteiger partial charge is 0.381 e. The van der Waals surface area contributed by atoms with Gasteiger partial charge in [-0.2, -0.15) is 0 Å². The summed E-state index contributed by atoms with van der Waals surface area (Å²) in [7, 11) is -2.99. The van der Waals surface area contributed by atoms with Gasteiger partial charge in [0.25, 0.3) is 0 Å². The third-order valence-corrected chi connectivity index (χ3v) is 4.06. The maximum absolute atomic E-state index is 11.2. The quantitative estimate of drug-likeness (QED) is 0.889. The van der Waals surface area contributed by atoms with Gasteiger partial charge in [0.05, 0.1) is 11.4 Å². The van der Waals surface area contributed by atoms with Crippen LogP contribution in [0.3, 0.4) is 0 Å². The average Bonchev–Trinajstić information content (AvgIpc) is 2.23. The predicted octanol–water partition coefficient (Wildman–Crippen LogP) is 1.63. The van der Waals surface area contributed by atoms with Crippen LogP contribution >= 0.6 is 23.2 Å². The van der Waals surface area contributed by atoms with Gasteiger partial charge in [-0.25, -0.2) is 8.42 Å². The number of rotatable bonds is 5. The monoisotopic (exact) mass is 283 g/mol. The fourth-order valence-electron chi connectivity index (χ4n) is 0.963. The van der Waals surface area contributed by atoms with E-state index in [2.05, 4.69) is 15.5 Å². The zero-order valence-corrected chi connectivity index (χ0v) is 10.9. The first-order chi connectivity index (χ1) is 7.44. The molecular weight excluding hydrogens is 273 g/mol. The van der Waals surface area contributed by atoms with Gasteiger partial charge in [-0.05, 0) is 0 Å². The highest BCUT2D eigenvalue weighted by Gasteiger charge is 2.08. The van der Waals surface area contributed by atoms with Crippen molar-refractivity contribution in [3.8, 4) is 0 Å². The lowest BCUT2D eigenvalue weighted by molar-refractivity contribution is 0.597. The van der Waals surface area contributed by atoms with E-state index in [9.17, 15) is 8.42 Å². The van der Waals surface area contributed by atoms with Gasteiger partial charge in [0.1, 0.15) is 0 Å². The van der Waals surface area contributed by atoms with E-state index in [1.807, 2.05) is 0 Å². The van der Waals surface area contributed by atoms with Crippen molar-refractivity contribution in [2.24, 2.45) is 0 Å². The van der Waals surface area contributed by atoms with Gasteiger partial charge >= 0.3 is 0 Å². The Hall–Kier alpha value is -0.590. The molecule has 0 aliphatic rings. The molecule has 1 heterocycles. The predicted molar refractivity (Wildman–Crippen MR) is 64.9 cm³/mol. The lowest BCUT2D eigenvalue weighted by atomic mass is 10.4. The molecule has 1 aromatic heterocycles. The lowest BCUT2D eigenvalue weighted by Crippen LogP contribution is -2.17. The fourth-order valence-corrected chi connectivity index (χ4v) is 1.97. The highest BCUT2D eigenvalue weighted by molar-refractivity contribution is 7.91. The second-order valence-corrected chi connectivity index (χ2v) is 6.25. The van der Waals surface area contributed by atoms with Crippen molar-refractivity contribution in [3.05, 3.63) is 16.4 Å². The molecule has 0 aromatic carbocycles. The summed E-state index contributed by atoms with van der Waals surface area (Å²) in [6, 6.07) is 1.50. The van der Waals surface area contributed by atoms with E-state index in [0.29, 0.717) is 5.69 Å². The lowest BCUT2D eigenvalue weighted by Gasteiger charge is -2.07. The number of hydrogen-bond donors (Lipinski definition) is 1. The molecule has 0 spiro atoms. The van der Waals surface area contributed by atoms with Gasteiger partial charge in [-0.1, -0.05) is 30.1 Å². The molecule has 1 rings (SSSR count). The summed E-state index contributed by atoms with van der Waals surface area (Å²) >= 11 is 11.4. The Kier molecular flexibility index (Phi) is 4.76. The standard InChI is InChI=1S/C8H11Cl2N3O2S/c1-2-16(14,15)4-3-11-6-5-7(9)12-13-8(6)10/h5H,2-4H2,1H3,(H,11,12). The topological polar surface area (TPSA) is 72.0 Å². The normalized spacial score (nSPS) is 11.4. The van der Waals surface area contributed by atoms with Crippen molar-refractivity contribution in [1.82, 2.24) is 10.2 Å².